The van der Waals surface area contributed by atoms with Crippen LogP contribution in [0.25, 0.3) is 0 Å². The predicted octanol–water partition coefficient (Wildman–Crippen LogP) is 5.83. The van der Waals surface area contributed by atoms with Crippen LogP contribution in [0.3, 0.4) is 0 Å². The van der Waals surface area contributed by atoms with E-state index in [0.29, 0.717) is 24.4 Å². The summed E-state index contributed by atoms with van der Waals surface area (Å²) in [5.41, 5.74) is 3.73. The summed E-state index contributed by atoms with van der Waals surface area (Å²) in [6.45, 7) is 2.83. The molecular formula is C28H36N2O2S. The van der Waals surface area contributed by atoms with Crippen molar-refractivity contribution >= 4 is 15.7 Å². The van der Waals surface area contributed by atoms with Gasteiger partial charge in [-0.2, -0.15) is 0 Å². The van der Waals surface area contributed by atoms with Gasteiger partial charge in [0.25, 0.3) is 0 Å². The number of sulfonamides is 1. The van der Waals surface area contributed by atoms with Gasteiger partial charge in [0.15, 0.2) is 0 Å². The van der Waals surface area contributed by atoms with Gasteiger partial charge < -0.3 is 5.32 Å². The minimum absolute atomic E-state index is 0.147. The van der Waals surface area contributed by atoms with Crippen molar-refractivity contribution in [2.75, 3.05) is 16.6 Å². The molecule has 4 aliphatic carbocycles. The van der Waals surface area contributed by atoms with Crippen LogP contribution in [0.4, 0.5) is 5.69 Å². The van der Waals surface area contributed by atoms with Crippen molar-refractivity contribution in [2.45, 2.75) is 64.0 Å². The van der Waals surface area contributed by atoms with Crippen LogP contribution in [0.5, 0.6) is 0 Å². The van der Waals surface area contributed by atoms with Gasteiger partial charge in [-0.25, -0.2) is 8.42 Å². The van der Waals surface area contributed by atoms with Crippen molar-refractivity contribution in [2.24, 2.45) is 23.2 Å². The zero-order valence-electron chi connectivity index (χ0n) is 19.6. The summed E-state index contributed by atoms with van der Waals surface area (Å²) in [5, 5.41) is 4.08. The number of nitrogens with zero attached hydrogens (tertiary/aromatic N) is 1. The molecule has 4 saturated carbocycles. The van der Waals surface area contributed by atoms with E-state index >= 15 is 0 Å². The van der Waals surface area contributed by atoms with E-state index in [9.17, 15) is 8.42 Å². The van der Waals surface area contributed by atoms with Crippen molar-refractivity contribution in [3.8, 4) is 0 Å². The highest BCUT2D eigenvalue weighted by Gasteiger charge is 2.54. The van der Waals surface area contributed by atoms with Crippen LogP contribution in [0, 0.1) is 23.2 Å². The third kappa shape index (κ3) is 3.91. The summed E-state index contributed by atoms with van der Waals surface area (Å²) in [6.07, 6.45) is 9.11. The molecule has 5 fully saturated rings. The third-order valence-corrected chi connectivity index (χ3v) is 10.9. The molecule has 1 N–H and O–H groups in total. The smallest absolute Gasteiger partial charge is 0.235 e. The highest BCUT2D eigenvalue weighted by Crippen LogP contribution is 2.64. The topological polar surface area (TPSA) is 49.4 Å². The van der Waals surface area contributed by atoms with Crippen molar-refractivity contribution in [3.05, 3.63) is 65.7 Å². The lowest BCUT2D eigenvalue weighted by molar-refractivity contribution is -0.0766. The maximum absolute atomic E-state index is 12.5. The van der Waals surface area contributed by atoms with Crippen molar-refractivity contribution in [3.63, 3.8) is 0 Å². The summed E-state index contributed by atoms with van der Waals surface area (Å²) >= 11 is 0. The first-order chi connectivity index (χ1) is 15.9. The lowest BCUT2D eigenvalue weighted by Crippen LogP contribution is -2.52. The normalized spacial score (nSPS) is 33.8. The maximum atomic E-state index is 12.5. The molecular weight excluding hydrogens is 428 g/mol. The Morgan fingerprint density at radius 2 is 1.55 bits per heavy atom. The van der Waals surface area contributed by atoms with E-state index in [2.05, 4.69) is 54.7 Å². The summed E-state index contributed by atoms with van der Waals surface area (Å²) < 4.78 is 26.5. The zero-order chi connectivity index (χ0) is 22.6. The van der Waals surface area contributed by atoms with Gasteiger partial charge >= 0.3 is 0 Å². The Balaban J connectivity index is 1.31. The molecule has 1 aliphatic heterocycles. The molecule has 2 atom stereocenters. The van der Waals surface area contributed by atoms with E-state index in [4.69, 9.17) is 0 Å². The van der Waals surface area contributed by atoms with Crippen LogP contribution in [0.1, 0.15) is 75.1 Å². The zero-order valence-corrected chi connectivity index (χ0v) is 20.4. The van der Waals surface area contributed by atoms with Gasteiger partial charge in [0.1, 0.15) is 0 Å². The van der Waals surface area contributed by atoms with Gasteiger partial charge in [0, 0.05) is 18.6 Å². The second-order valence-corrected chi connectivity index (χ2v) is 13.4. The summed E-state index contributed by atoms with van der Waals surface area (Å²) in [4.78, 5) is 0. The molecule has 2 aromatic carbocycles. The van der Waals surface area contributed by atoms with E-state index < -0.39 is 10.0 Å². The monoisotopic (exact) mass is 464 g/mol. The standard InChI is InChI=1S/C28H36N2O2S/c1-20(25-9-5-10-26(16-25)30-11-6-12-33(30,31)32)29-27(24-7-3-2-4-8-24)28-17-21-13-22(18-28)15-23(14-21)19-28/h2-5,7-10,16,20-23,27,29H,6,11-15,17-19H2,1H3. The molecule has 1 saturated heterocycles. The van der Waals surface area contributed by atoms with Crippen LogP contribution >= 0.6 is 0 Å². The predicted molar refractivity (Wildman–Crippen MR) is 134 cm³/mol. The fourth-order valence-electron chi connectivity index (χ4n) is 8.03. The number of anilines is 1. The second-order valence-electron chi connectivity index (χ2n) is 11.3. The van der Waals surface area contributed by atoms with E-state index in [-0.39, 0.29) is 11.8 Å². The van der Waals surface area contributed by atoms with Crippen molar-refractivity contribution in [1.29, 1.82) is 0 Å². The minimum Gasteiger partial charge on any atom is -0.303 e. The highest BCUT2D eigenvalue weighted by atomic mass is 32.2. The molecule has 1 heterocycles. The average molecular weight is 465 g/mol. The quantitative estimate of drug-likeness (QED) is 0.585. The molecule has 7 rings (SSSR count). The van der Waals surface area contributed by atoms with Crippen LogP contribution in [-0.4, -0.2) is 20.7 Å². The molecule has 2 unspecified atom stereocenters. The molecule has 0 radical (unpaired) electrons. The SMILES string of the molecule is CC(NC(c1ccccc1)C12CC3CC(CC(C3)C1)C2)c1cccc(N2CCCS2(=O)=O)c1. The first-order valence-electron chi connectivity index (χ1n) is 12.8. The summed E-state index contributed by atoms with van der Waals surface area (Å²) in [7, 11) is -3.17. The van der Waals surface area contributed by atoms with Crippen LogP contribution in [0.15, 0.2) is 54.6 Å². The lowest BCUT2D eigenvalue weighted by atomic mass is 9.47. The Morgan fingerprint density at radius 3 is 2.15 bits per heavy atom. The first kappa shape index (κ1) is 21.7. The third-order valence-electron chi connectivity index (χ3n) is 9.01. The van der Waals surface area contributed by atoms with E-state index in [1.54, 1.807) is 4.31 Å². The van der Waals surface area contributed by atoms with Gasteiger partial charge in [0.05, 0.1) is 11.4 Å². The highest BCUT2D eigenvalue weighted by molar-refractivity contribution is 7.93. The Kier molecular flexibility index (Phi) is 5.34. The van der Waals surface area contributed by atoms with Crippen LogP contribution in [0.2, 0.25) is 0 Å². The fraction of sp³-hybridized carbons (Fsp3) is 0.571. The van der Waals surface area contributed by atoms with Gasteiger partial charge in [0.2, 0.25) is 10.0 Å². The average Bonchev–Trinajstić information content (AvgIpc) is 3.16. The Labute approximate surface area is 198 Å². The van der Waals surface area contributed by atoms with Gasteiger partial charge in [-0.3, -0.25) is 4.31 Å². The number of nitrogens with one attached hydrogen (secondary N) is 1. The van der Waals surface area contributed by atoms with Crippen LogP contribution in [-0.2, 0) is 10.0 Å². The van der Waals surface area contributed by atoms with E-state index in [1.165, 1.54) is 49.7 Å². The largest absolute Gasteiger partial charge is 0.303 e. The molecule has 33 heavy (non-hydrogen) atoms. The number of hydrogen-bond acceptors (Lipinski definition) is 3. The molecule has 0 spiro atoms. The molecule has 176 valence electrons. The first-order valence-corrected chi connectivity index (χ1v) is 14.4. The fourth-order valence-corrected chi connectivity index (χ4v) is 9.58. The number of hydrogen-bond donors (Lipinski definition) is 1. The summed E-state index contributed by atoms with van der Waals surface area (Å²) in [6, 6.07) is 19.7. The van der Waals surface area contributed by atoms with Crippen LogP contribution < -0.4 is 9.62 Å². The minimum atomic E-state index is -3.17. The van der Waals surface area contributed by atoms with Crippen molar-refractivity contribution in [1.82, 2.24) is 5.32 Å². The number of benzene rings is 2. The van der Waals surface area contributed by atoms with Gasteiger partial charge in [-0.15, -0.1) is 0 Å². The van der Waals surface area contributed by atoms with Gasteiger partial charge in [-0.1, -0.05) is 42.5 Å². The number of rotatable bonds is 6. The molecule has 5 heteroatoms. The second kappa shape index (κ2) is 8.13. The Hall–Kier alpha value is -1.85. The Morgan fingerprint density at radius 1 is 0.909 bits per heavy atom. The molecule has 0 aromatic heterocycles. The molecule has 4 bridgehead atoms. The van der Waals surface area contributed by atoms with Gasteiger partial charge in [-0.05, 0) is 98.3 Å². The summed E-state index contributed by atoms with van der Waals surface area (Å²) in [5.74, 6) is 2.97. The molecule has 5 aliphatic rings. The van der Waals surface area contributed by atoms with Crippen molar-refractivity contribution < 1.29 is 8.42 Å². The van der Waals surface area contributed by atoms with E-state index in [1.807, 2.05) is 12.1 Å². The lowest BCUT2D eigenvalue weighted by Gasteiger charge is -2.60. The molecule has 0 amide bonds. The van der Waals surface area contributed by atoms with E-state index in [0.717, 1.165) is 23.4 Å². The molecule has 2 aromatic rings. The maximum Gasteiger partial charge on any atom is 0.235 e. The molecule has 4 nitrogen and oxygen atoms in total. The Bertz CT molecular complexity index is 1080.